The van der Waals surface area contributed by atoms with E-state index in [4.69, 9.17) is 0 Å². The maximum Gasteiger partial charge on any atom is 0.187 e. The summed E-state index contributed by atoms with van der Waals surface area (Å²) in [6, 6.07) is 8.15. The van der Waals surface area contributed by atoms with Crippen LogP contribution in [0.1, 0.15) is 34.6 Å². The number of hydrogen-bond acceptors (Lipinski definition) is 3. The second kappa shape index (κ2) is 10.6. The van der Waals surface area contributed by atoms with E-state index in [0.29, 0.717) is 9.13 Å². The van der Waals surface area contributed by atoms with E-state index in [0.717, 1.165) is 15.7 Å². The van der Waals surface area contributed by atoms with Crippen LogP contribution in [0.15, 0.2) is 48.6 Å². The predicted octanol–water partition coefficient (Wildman–Crippen LogP) is 5.39. The molecule has 0 heterocycles. The molecule has 2 aromatic rings. The first kappa shape index (κ1) is 22.6. The Bertz CT molecular complexity index is 877. The monoisotopic (exact) mass is 582 g/mol. The van der Waals surface area contributed by atoms with Gasteiger partial charge in [-0.2, -0.15) is 0 Å². The quantitative estimate of drug-likeness (QED) is 0.276. The van der Waals surface area contributed by atoms with Gasteiger partial charge in [0.25, 0.3) is 0 Å². The molecule has 0 amide bonds. The zero-order valence-electron chi connectivity index (χ0n) is 13.9. The predicted molar refractivity (Wildman–Crippen MR) is 112 cm³/mol. The Labute approximate surface area is 177 Å². The highest BCUT2D eigenvalue weighted by atomic mass is 127. The molecule has 0 bridgehead atoms. The molecule has 0 radical (unpaired) electrons. The molecule has 0 fully saturated rings. The van der Waals surface area contributed by atoms with Crippen molar-refractivity contribution in [3.8, 4) is 0 Å². The van der Waals surface area contributed by atoms with E-state index in [2.05, 4.69) is 0 Å². The summed E-state index contributed by atoms with van der Waals surface area (Å²) in [7, 11) is 0. The van der Waals surface area contributed by atoms with Gasteiger partial charge in [-0.15, -0.1) is 0 Å². The molecule has 0 atom stereocenters. The Morgan fingerprint density at radius 1 is 0.808 bits per heavy atom. The van der Waals surface area contributed by atoms with Gasteiger partial charge in [-0.25, -0.2) is 8.78 Å². The molecule has 0 aliphatic carbocycles. The van der Waals surface area contributed by atoms with E-state index in [9.17, 15) is 23.2 Å². The zero-order chi connectivity index (χ0) is 19.9. The van der Waals surface area contributed by atoms with Gasteiger partial charge in [0.15, 0.2) is 17.3 Å². The van der Waals surface area contributed by atoms with Crippen LogP contribution >= 0.6 is 45.2 Å². The largest absolute Gasteiger partial charge is 0.295 e. The summed E-state index contributed by atoms with van der Waals surface area (Å²) in [5.41, 5.74) is 0.721. The topological polar surface area (TPSA) is 51.2 Å². The Hall–Kier alpha value is -1.49. The highest BCUT2D eigenvalue weighted by molar-refractivity contribution is 14.1. The molecule has 0 aliphatic rings. The zero-order valence-corrected chi connectivity index (χ0v) is 18.2. The fraction of sp³-hybridized carbons (Fsp3) is 0.105. The lowest BCUT2D eigenvalue weighted by Gasteiger charge is -1.99. The smallest absolute Gasteiger partial charge is 0.187 e. The van der Waals surface area contributed by atoms with Gasteiger partial charge in [0.1, 0.15) is 11.6 Å². The number of Topliss-reactive ketones (excluding diaryl/α,β-unsaturated/α-hetero) is 1. The summed E-state index contributed by atoms with van der Waals surface area (Å²) in [5.74, 6) is -1.51. The summed E-state index contributed by atoms with van der Waals surface area (Å²) in [6.45, 7) is 2.78. The molecule has 136 valence electrons. The summed E-state index contributed by atoms with van der Waals surface area (Å²) < 4.78 is 26.9. The SMILES string of the molecule is CC(=O)/C=C/C(=O)c1cc(F)ccc1I.CC(=O)c1cc(F)ccc1I. The first-order chi connectivity index (χ1) is 12.1. The molecule has 0 saturated heterocycles. The number of ketones is 3. The van der Waals surface area contributed by atoms with Crippen molar-refractivity contribution in [2.75, 3.05) is 0 Å². The van der Waals surface area contributed by atoms with Crippen molar-refractivity contribution in [1.29, 1.82) is 0 Å². The van der Waals surface area contributed by atoms with Crippen LogP contribution in [0.4, 0.5) is 8.78 Å². The van der Waals surface area contributed by atoms with Crippen molar-refractivity contribution in [2.24, 2.45) is 0 Å². The Balaban J connectivity index is 0.000000273. The summed E-state index contributed by atoms with van der Waals surface area (Å²) >= 11 is 3.95. The highest BCUT2D eigenvalue weighted by Gasteiger charge is 2.08. The van der Waals surface area contributed by atoms with Crippen LogP contribution in [-0.2, 0) is 4.79 Å². The van der Waals surface area contributed by atoms with Crippen molar-refractivity contribution in [1.82, 2.24) is 0 Å². The third-order valence-electron chi connectivity index (χ3n) is 2.97. The number of carbonyl (C=O) groups excluding carboxylic acids is 3. The maximum absolute atomic E-state index is 12.9. The fourth-order valence-electron chi connectivity index (χ4n) is 1.74. The number of benzene rings is 2. The fourth-order valence-corrected chi connectivity index (χ4v) is 3.05. The summed E-state index contributed by atoms with van der Waals surface area (Å²) in [5, 5.41) is 0. The number of hydrogen-bond donors (Lipinski definition) is 0. The van der Waals surface area contributed by atoms with Gasteiger partial charge in [0, 0.05) is 18.3 Å². The van der Waals surface area contributed by atoms with Crippen molar-refractivity contribution in [2.45, 2.75) is 13.8 Å². The number of rotatable bonds is 4. The van der Waals surface area contributed by atoms with E-state index < -0.39 is 5.82 Å². The average molecular weight is 582 g/mol. The Morgan fingerprint density at radius 3 is 1.69 bits per heavy atom. The first-order valence-electron chi connectivity index (χ1n) is 7.26. The van der Waals surface area contributed by atoms with Crippen molar-refractivity contribution in [3.05, 3.63) is 78.5 Å². The van der Waals surface area contributed by atoms with E-state index in [1.54, 1.807) is 6.07 Å². The third-order valence-corrected chi connectivity index (χ3v) is 4.85. The van der Waals surface area contributed by atoms with Gasteiger partial charge in [0.05, 0.1) is 0 Å². The van der Waals surface area contributed by atoms with Gasteiger partial charge in [-0.05, 0) is 108 Å². The van der Waals surface area contributed by atoms with Crippen molar-refractivity contribution in [3.63, 3.8) is 0 Å². The Kier molecular flexibility index (Phi) is 9.20. The molecule has 0 saturated carbocycles. The molecule has 0 aliphatic heterocycles. The van der Waals surface area contributed by atoms with Gasteiger partial charge in [-0.3, -0.25) is 14.4 Å². The standard InChI is InChI=1S/C11H8FIO2.C8H6FIO/c1-7(14)2-5-11(15)9-6-8(12)3-4-10(9)13;1-5(11)7-4-6(9)2-3-8(7)10/h2-6H,1H3;2-4H,1H3/b5-2+;. The summed E-state index contributed by atoms with van der Waals surface area (Å²) in [4.78, 5) is 33.0. The van der Waals surface area contributed by atoms with Gasteiger partial charge in [-0.1, -0.05) is 0 Å². The van der Waals surface area contributed by atoms with Crippen LogP contribution in [0.5, 0.6) is 0 Å². The van der Waals surface area contributed by atoms with Crippen molar-refractivity contribution >= 4 is 62.5 Å². The van der Waals surface area contributed by atoms with Gasteiger partial charge < -0.3 is 0 Å². The molecule has 0 unspecified atom stereocenters. The van der Waals surface area contributed by atoms with Crippen LogP contribution in [0.2, 0.25) is 0 Å². The Morgan fingerprint density at radius 2 is 1.27 bits per heavy atom. The lowest BCUT2D eigenvalue weighted by molar-refractivity contribution is -0.112. The van der Waals surface area contributed by atoms with Gasteiger partial charge in [0.2, 0.25) is 0 Å². The number of allylic oxidation sites excluding steroid dienone is 2. The maximum atomic E-state index is 12.9. The minimum absolute atomic E-state index is 0.103. The lowest BCUT2D eigenvalue weighted by Crippen LogP contribution is -1.99. The lowest BCUT2D eigenvalue weighted by atomic mass is 10.1. The highest BCUT2D eigenvalue weighted by Crippen LogP contribution is 2.15. The van der Waals surface area contributed by atoms with Crippen LogP contribution in [0.3, 0.4) is 0 Å². The van der Waals surface area contributed by atoms with E-state index in [1.165, 1.54) is 44.2 Å². The minimum atomic E-state index is -0.463. The molecule has 0 aromatic heterocycles. The van der Waals surface area contributed by atoms with E-state index in [-0.39, 0.29) is 28.7 Å². The molecule has 26 heavy (non-hydrogen) atoms. The molecular formula is C19H14F2I2O3. The molecule has 0 spiro atoms. The number of halogens is 4. The average Bonchev–Trinajstić information content (AvgIpc) is 2.57. The molecule has 7 heteroatoms. The van der Waals surface area contributed by atoms with Crippen LogP contribution < -0.4 is 0 Å². The second-order valence-electron chi connectivity index (χ2n) is 5.11. The molecule has 2 aromatic carbocycles. The van der Waals surface area contributed by atoms with E-state index >= 15 is 0 Å². The van der Waals surface area contributed by atoms with Crippen LogP contribution in [-0.4, -0.2) is 17.3 Å². The van der Waals surface area contributed by atoms with Crippen molar-refractivity contribution < 1.29 is 23.2 Å². The minimum Gasteiger partial charge on any atom is -0.295 e. The normalized spacial score (nSPS) is 10.2. The molecule has 2 rings (SSSR count). The molecule has 3 nitrogen and oxygen atoms in total. The summed E-state index contributed by atoms with van der Waals surface area (Å²) in [6.07, 6.45) is 2.32. The second-order valence-corrected chi connectivity index (χ2v) is 7.44. The van der Waals surface area contributed by atoms with Crippen LogP contribution in [0.25, 0.3) is 0 Å². The third kappa shape index (κ3) is 7.40. The van der Waals surface area contributed by atoms with E-state index in [1.807, 2.05) is 45.2 Å². The first-order valence-corrected chi connectivity index (χ1v) is 9.41. The molecule has 0 N–H and O–H groups in total. The van der Waals surface area contributed by atoms with Crippen LogP contribution in [0, 0.1) is 18.8 Å². The van der Waals surface area contributed by atoms with Gasteiger partial charge >= 0.3 is 0 Å². The number of carbonyl (C=O) groups is 3. The molecular weight excluding hydrogens is 568 g/mol.